The molecule has 0 spiro atoms. The summed E-state index contributed by atoms with van der Waals surface area (Å²) in [6.07, 6.45) is 6.52. The van der Waals surface area contributed by atoms with Crippen molar-refractivity contribution in [3.8, 4) is 0 Å². The summed E-state index contributed by atoms with van der Waals surface area (Å²) in [5, 5.41) is 6.98. The molecule has 0 bridgehead atoms. The second kappa shape index (κ2) is 9.07. The zero-order valence-corrected chi connectivity index (χ0v) is 15.7. The Hall–Kier alpha value is -1.55. The molecule has 134 valence electrons. The highest BCUT2D eigenvalue weighted by molar-refractivity contribution is 5.79. The lowest BCUT2D eigenvalue weighted by Crippen LogP contribution is -2.43. The van der Waals surface area contributed by atoms with Gasteiger partial charge in [-0.3, -0.25) is 4.99 Å². The standard InChI is InChI=1S/C20H33N3O/c1-20(2,3)24-15-17-10-8-9-16(13-17)14-22-19(21-4)23-18-11-6-5-7-12-18/h8-10,13,18H,5-7,11-12,14-15H2,1-4H3,(H2,21,22,23). The monoisotopic (exact) mass is 331 g/mol. The number of aliphatic imine (C=N–C) groups is 1. The van der Waals surface area contributed by atoms with Gasteiger partial charge in [-0.1, -0.05) is 43.5 Å². The smallest absolute Gasteiger partial charge is 0.191 e. The van der Waals surface area contributed by atoms with Gasteiger partial charge in [-0.05, 0) is 44.7 Å². The quantitative estimate of drug-likeness (QED) is 0.633. The van der Waals surface area contributed by atoms with Crippen molar-refractivity contribution in [1.82, 2.24) is 10.6 Å². The molecule has 0 heterocycles. The summed E-state index contributed by atoms with van der Waals surface area (Å²) in [7, 11) is 1.84. The van der Waals surface area contributed by atoms with Crippen molar-refractivity contribution < 1.29 is 4.74 Å². The fourth-order valence-corrected chi connectivity index (χ4v) is 2.95. The lowest BCUT2D eigenvalue weighted by molar-refractivity contribution is -0.0149. The van der Waals surface area contributed by atoms with E-state index in [1.807, 2.05) is 7.05 Å². The molecule has 1 aromatic carbocycles. The second-order valence-electron chi connectivity index (χ2n) is 7.63. The van der Waals surface area contributed by atoms with Crippen LogP contribution in [-0.4, -0.2) is 24.7 Å². The predicted molar refractivity (Wildman–Crippen MR) is 101 cm³/mol. The van der Waals surface area contributed by atoms with Gasteiger partial charge in [0.05, 0.1) is 12.2 Å². The third-order valence-electron chi connectivity index (χ3n) is 4.29. The number of hydrogen-bond donors (Lipinski definition) is 2. The van der Waals surface area contributed by atoms with E-state index in [0.29, 0.717) is 12.6 Å². The zero-order valence-electron chi connectivity index (χ0n) is 15.7. The van der Waals surface area contributed by atoms with Crippen molar-refractivity contribution in [2.75, 3.05) is 7.05 Å². The van der Waals surface area contributed by atoms with Crippen molar-refractivity contribution in [1.29, 1.82) is 0 Å². The van der Waals surface area contributed by atoms with Crippen LogP contribution in [0.1, 0.15) is 64.0 Å². The van der Waals surface area contributed by atoms with Crippen molar-refractivity contribution in [2.45, 2.75) is 77.7 Å². The number of ether oxygens (including phenoxy) is 1. The van der Waals surface area contributed by atoms with Crippen LogP contribution >= 0.6 is 0 Å². The van der Waals surface area contributed by atoms with Gasteiger partial charge in [0.1, 0.15) is 0 Å². The second-order valence-corrected chi connectivity index (χ2v) is 7.63. The minimum Gasteiger partial charge on any atom is -0.371 e. The van der Waals surface area contributed by atoms with Gasteiger partial charge >= 0.3 is 0 Å². The summed E-state index contributed by atoms with van der Waals surface area (Å²) in [4.78, 5) is 4.36. The lowest BCUT2D eigenvalue weighted by atomic mass is 9.96. The highest BCUT2D eigenvalue weighted by atomic mass is 16.5. The number of guanidine groups is 1. The summed E-state index contributed by atoms with van der Waals surface area (Å²) in [6.45, 7) is 7.67. The molecule has 24 heavy (non-hydrogen) atoms. The third kappa shape index (κ3) is 6.91. The Morgan fingerprint density at radius 2 is 1.88 bits per heavy atom. The van der Waals surface area contributed by atoms with E-state index in [4.69, 9.17) is 4.74 Å². The molecule has 0 aliphatic heterocycles. The molecule has 2 N–H and O–H groups in total. The van der Waals surface area contributed by atoms with Gasteiger partial charge in [-0.15, -0.1) is 0 Å². The molecule has 1 aliphatic carbocycles. The first-order chi connectivity index (χ1) is 11.5. The molecule has 4 nitrogen and oxygen atoms in total. The van der Waals surface area contributed by atoms with Crippen LogP contribution in [0.25, 0.3) is 0 Å². The Labute approximate surface area is 147 Å². The molecule has 0 amide bonds. The van der Waals surface area contributed by atoms with E-state index in [0.717, 1.165) is 12.5 Å². The average Bonchev–Trinajstić information content (AvgIpc) is 2.57. The molecule has 1 fully saturated rings. The molecule has 0 saturated heterocycles. The van der Waals surface area contributed by atoms with E-state index in [1.165, 1.54) is 43.2 Å². The van der Waals surface area contributed by atoms with Gasteiger partial charge < -0.3 is 15.4 Å². The van der Waals surface area contributed by atoms with Gasteiger partial charge in [0, 0.05) is 19.6 Å². The number of hydrogen-bond acceptors (Lipinski definition) is 2. The van der Waals surface area contributed by atoms with Crippen molar-refractivity contribution in [2.24, 2.45) is 4.99 Å². The van der Waals surface area contributed by atoms with E-state index in [-0.39, 0.29) is 5.60 Å². The van der Waals surface area contributed by atoms with Crippen molar-refractivity contribution in [3.63, 3.8) is 0 Å². The Bertz CT molecular complexity index is 528. The SMILES string of the molecule is CN=C(NCc1cccc(COC(C)(C)C)c1)NC1CCCCC1. The van der Waals surface area contributed by atoms with Crippen LogP contribution in [0.5, 0.6) is 0 Å². The predicted octanol–water partition coefficient (Wildman–Crippen LogP) is 4.00. The van der Waals surface area contributed by atoms with Crippen LogP contribution in [0.2, 0.25) is 0 Å². The van der Waals surface area contributed by atoms with Gasteiger partial charge in [-0.25, -0.2) is 0 Å². The fourth-order valence-electron chi connectivity index (χ4n) is 2.95. The Balaban J connectivity index is 1.83. The Morgan fingerprint density at radius 3 is 2.54 bits per heavy atom. The van der Waals surface area contributed by atoms with E-state index < -0.39 is 0 Å². The topological polar surface area (TPSA) is 45.7 Å². The van der Waals surface area contributed by atoms with Crippen molar-refractivity contribution >= 4 is 5.96 Å². The van der Waals surface area contributed by atoms with E-state index in [9.17, 15) is 0 Å². The zero-order chi connectivity index (χ0) is 17.4. The Kier molecular flexibility index (Phi) is 7.10. The summed E-state index contributed by atoms with van der Waals surface area (Å²) in [6, 6.07) is 9.12. The molecule has 4 heteroatoms. The number of nitrogens with one attached hydrogen (secondary N) is 2. The molecule has 0 atom stereocenters. The molecular formula is C20H33N3O. The molecule has 0 unspecified atom stereocenters. The van der Waals surface area contributed by atoms with Gasteiger partial charge in [0.25, 0.3) is 0 Å². The molecule has 1 aliphatic rings. The van der Waals surface area contributed by atoms with Crippen LogP contribution in [0, 0.1) is 0 Å². The molecule has 2 rings (SSSR count). The summed E-state index contributed by atoms with van der Waals surface area (Å²) < 4.78 is 5.86. The molecule has 1 saturated carbocycles. The van der Waals surface area contributed by atoms with E-state index >= 15 is 0 Å². The largest absolute Gasteiger partial charge is 0.371 e. The minimum absolute atomic E-state index is 0.111. The fraction of sp³-hybridized carbons (Fsp3) is 0.650. The number of rotatable bonds is 5. The summed E-state index contributed by atoms with van der Waals surface area (Å²) >= 11 is 0. The maximum Gasteiger partial charge on any atom is 0.191 e. The van der Waals surface area contributed by atoms with Crippen LogP contribution in [0.3, 0.4) is 0 Å². The molecule has 0 aromatic heterocycles. The van der Waals surface area contributed by atoms with Gasteiger partial charge in [0.15, 0.2) is 5.96 Å². The van der Waals surface area contributed by atoms with Crippen LogP contribution in [-0.2, 0) is 17.9 Å². The maximum absolute atomic E-state index is 5.86. The molecular weight excluding hydrogens is 298 g/mol. The molecule has 0 radical (unpaired) electrons. The average molecular weight is 332 g/mol. The van der Waals surface area contributed by atoms with Crippen LogP contribution in [0.4, 0.5) is 0 Å². The normalized spacial score (nSPS) is 16.9. The Morgan fingerprint density at radius 1 is 1.17 bits per heavy atom. The third-order valence-corrected chi connectivity index (χ3v) is 4.29. The molecule has 1 aromatic rings. The van der Waals surface area contributed by atoms with Crippen LogP contribution in [0.15, 0.2) is 29.3 Å². The first-order valence-corrected chi connectivity index (χ1v) is 9.15. The maximum atomic E-state index is 5.86. The highest BCUT2D eigenvalue weighted by Crippen LogP contribution is 2.17. The van der Waals surface area contributed by atoms with E-state index in [1.54, 1.807) is 0 Å². The number of nitrogens with zero attached hydrogens (tertiary/aromatic N) is 1. The lowest BCUT2D eigenvalue weighted by Gasteiger charge is -2.25. The first kappa shape index (κ1) is 18.8. The van der Waals surface area contributed by atoms with Crippen molar-refractivity contribution in [3.05, 3.63) is 35.4 Å². The van der Waals surface area contributed by atoms with E-state index in [2.05, 4.69) is 60.7 Å². The number of benzene rings is 1. The highest BCUT2D eigenvalue weighted by Gasteiger charge is 2.14. The first-order valence-electron chi connectivity index (χ1n) is 9.15. The van der Waals surface area contributed by atoms with Gasteiger partial charge in [-0.2, -0.15) is 0 Å². The summed E-state index contributed by atoms with van der Waals surface area (Å²) in [5.74, 6) is 0.901. The minimum atomic E-state index is -0.111. The van der Waals surface area contributed by atoms with Gasteiger partial charge in [0.2, 0.25) is 0 Å². The summed E-state index contributed by atoms with van der Waals surface area (Å²) in [5.41, 5.74) is 2.34. The van der Waals surface area contributed by atoms with Crippen LogP contribution < -0.4 is 10.6 Å².